The van der Waals surface area contributed by atoms with Crippen molar-refractivity contribution in [1.29, 1.82) is 0 Å². The van der Waals surface area contributed by atoms with Crippen molar-refractivity contribution >= 4 is 70.3 Å². The van der Waals surface area contributed by atoms with Gasteiger partial charge in [0.1, 0.15) is 23.8 Å². The number of hydrogen-bond acceptors (Lipinski definition) is 3. The van der Waals surface area contributed by atoms with E-state index in [1.165, 1.54) is 0 Å². The molecule has 136 valence electrons. The minimum Gasteiger partial charge on any atom is -0.307 e. The van der Waals surface area contributed by atoms with E-state index in [0.29, 0.717) is 0 Å². The summed E-state index contributed by atoms with van der Waals surface area (Å²) in [6.45, 7) is 15.6. The highest BCUT2D eigenvalue weighted by Crippen LogP contribution is 2.61. The molecular formula is C8H27Cl3N3O3P3Si2. The first-order valence-electron chi connectivity index (χ1n) is 6.34. The van der Waals surface area contributed by atoms with Gasteiger partial charge >= 0.3 is 5.20 Å². The van der Waals surface area contributed by atoms with Crippen LogP contribution in [0.5, 0.6) is 0 Å². The second kappa shape index (κ2) is 9.00. The fourth-order valence-electron chi connectivity index (χ4n) is 1.36. The number of halogens is 3. The van der Waals surface area contributed by atoms with Crippen LogP contribution < -0.4 is 14.4 Å². The van der Waals surface area contributed by atoms with E-state index < -0.39 is 36.6 Å². The lowest BCUT2D eigenvalue weighted by Gasteiger charge is -2.33. The zero-order chi connectivity index (χ0) is 18.6. The minimum absolute atomic E-state index is 1.59. The van der Waals surface area contributed by atoms with Crippen LogP contribution in [0.4, 0.5) is 0 Å². The summed E-state index contributed by atoms with van der Waals surface area (Å²) in [6, 6.07) is 0. The van der Waals surface area contributed by atoms with Crippen molar-refractivity contribution in [2.75, 3.05) is 13.3 Å². The molecule has 0 bridgehead atoms. The first-order valence-corrected chi connectivity index (χ1v) is 22.1. The maximum Gasteiger partial charge on any atom is 0.339 e. The minimum atomic E-state index is -3.22. The maximum absolute atomic E-state index is 12.8. The maximum atomic E-state index is 12.8. The molecule has 0 aromatic heterocycles. The predicted octanol–water partition coefficient (Wildman–Crippen LogP) is 5.88. The van der Waals surface area contributed by atoms with E-state index in [4.69, 9.17) is 0 Å². The summed E-state index contributed by atoms with van der Waals surface area (Å²) >= 11 is 13.8. The summed E-state index contributed by atoms with van der Waals surface area (Å²) in [4.78, 5) is 2.80. The summed E-state index contributed by atoms with van der Waals surface area (Å²) in [5.41, 5.74) is 0. The molecule has 0 spiro atoms. The normalized spacial score (nSPS) is 14.3. The molecule has 0 radical (unpaired) electrons. The van der Waals surface area contributed by atoms with Crippen LogP contribution in [0.3, 0.4) is 0 Å². The van der Waals surface area contributed by atoms with Crippen molar-refractivity contribution < 1.29 is 13.7 Å². The smallest absolute Gasteiger partial charge is 0.307 e. The molecular weight excluding hydrogens is 442 g/mol. The zero-order valence-corrected chi connectivity index (χ0v) is 21.2. The van der Waals surface area contributed by atoms with Gasteiger partial charge in [-0.1, -0.05) is 39.3 Å². The van der Waals surface area contributed by atoms with Crippen LogP contribution in [-0.4, -0.2) is 29.8 Å². The van der Waals surface area contributed by atoms with E-state index in [1.807, 2.05) is 0 Å². The molecule has 0 saturated carbocycles. The second-order valence-electron chi connectivity index (χ2n) is 7.18. The highest BCUT2D eigenvalue weighted by Gasteiger charge is 2.35. The molecule has 0 aliphatic heterocycles. The fourth-order valence-corrected chi connectivity index (χ4v) is 13.7. The van der Waals surface area contributed by atoms with Gasteiger partial charge in [0.2, 0.25) is 0 Å². The van der Waals surface area contributed by atoms with Crippen LogP contribution in [0, 0.1) is 0 Å². The molecule has 0 rings (SSSR count). The summed E-state index contributed by atoms with van der Waals surface area (Å²) < 4.78 is 40.6. The zero-order valence-electron chi connectivity index (χ0n) is 14.2. The van der Waals surface area contributed by atoms with E-state index in [2.05, 4.69) is 87.4 Å². The Kier molecular flexibility index (Phi) is 10.7. The first kappa shape index (κ1) is 26.1. The second-order valence-corrected chi connectivity index (χ2v) is 29.3. The molecule has 0 heterocycles. The molecule has 0 amide bonds. The Morgan fingerprint density at radius 3 is 1.09 bits per heavy atom. The van der Waals surface area contributed by atoms with Gasteiger partial charge in [-0.2, -0.15) is 4.86 Å². The number of hydrogen-bond donors (Lipinski definition) is 3. The largest absolute Gasteiger partial charge is 0.339 e. The lowest BCUT2D eigenvalue weighted by Crippen LogP contribution is -2.51. The Hall–Kier alpha value is 1.87. The monoisotopic (exact) mass is 467 g/mol. The van der Waals surface area contributed by atoms with Crippen LogP contribution >= 0.6 is 53.8 Å². The molecule has 0 unspecified atom stereocenters. The van der Waals surface area contributed by atoms with Gasteiger partial charge < -0.3 is 4.57 Å². The van der Waals surface area contributed by atoms with Gasteiger partial charge in [-0.15, -0.1) is 0 Å². The van der Waals surface area contributed by atoms with Crippen molar-refractivity contribution in [2.45, 2.75) is 39.3 Å². The molecule has 22 heavy (non-hydrogen) atoms. The van der Waals surface area contributed by atoms with Crippen molar-refractivity contribution in [2.24, 2.45) is 0 Å². The van der Waals surface area contributed by atoms with Gasteiger partial charge in [-0.25, -0.2) is 0 Å². The van der Waals surface area contributed by atoms with Crippen molar-refractivity contribution in [1.82, 2.24) is 14.4 Å². The van der Waals surface area contributed by atoms with Crippen LogP contribution in [0.2, 0.25) is 39.3 Å². The Morgan fingerprint density at radius 1 is 0.727 bits per heavy atom. The van der Waals surface area contributed by atoms with Gasteiger partial charge in [-0.3, -0.25) is 18.6 Å². The number of rotatable bonds is 6. The third-order valence-corrected chi connectivity index (χ3v) is 12.3. The molecule has 0 aliphatic carbocycles. The highest BCUT2D eigenvalue weighted by molar-refractivity contribution is 8.24. The van der Waals surface area contributed by atoms with Crippen LogP contribution in [-0.2, 0) is 13.7 Å². The molecule has 0 atom stereocenters. The van der Waals surface area contributed by atoms with Gasteiger partial charge in [0, 0.05) is 13.3 Å². The van der Waals surface area contributed by atoms with Crippen LogP contribution in [0.25, 0.3) is 0 Å². The quantitative estimate of drug-likeness (QED) is 0.333. The summed E-state index contributed by atoms with van der Waals surface area (Å²) in [6.07, 6.45) is 0. The topological polar surface area (TPSA) is 87.3 Å². The molecule has 3 N–H and O–H groups in total. The standard InChI is InChI=1S/C8H27N3O2P2Si2.Cl3OP/c1-14(2,12)9-15(13,10-16(3,4)5)11-17(6,7)8;1-5(2,3)4/h1-8H3,(H3,9,10,11,12,13);. The summed E-state index contributed by atoms with van der Waals surface area (Å²) in [5, 5.41) is -3.22. The van der Waals surface area contributed by atoms with Crippen molar-refractivity contribution in [3.05, 3.63) is 0 Å². The summed E-state index contributed by atoms with van der Waals surface area (Å²) in [5.74, 6) is 0. The Balaban J connectivity index is 0. The van der Waals surface area contributed by atoms with Gasteiger partial charge in [0.05, 0.1) is 0 Å². The fraction of sp³-hybridized carbons (Fsp3) is 1.00. The average Bonchev–Trinajstić information content (AvgIpc) is 1.82. The third-order valence-electron chi connectivity index (χ3n) is 1.37. The van der Waals surface area contributed by atoms with E-state index in [9.17, 15) is 13.7 Å². The molecule has 0 aromatic rings. The van der Waals surface area contributed by atoms with Gasteiger partial charge in [-0.05, 0) is 33.7 Å². The van der Waals surface area contributed by atoms with E-state index in [0.717, 1.165) is 0 Å². The van der Waals surface area contributed by atoms with Crippen LogP contribution in [0.15, 0.2) is 0 Å². The molecule has 0 fully saturated rings. The number of nitrogens with one attached hydrogen (secondary N) is 3. The average molecular weight is 469 g/mol. The van der Waals surface area contributed by atoms with Gasteiger partial charge in [0.15, 0.2) is 0 Å². The van der Waals surface area contributed by atoms with E-state index >= 15 is 0 Å². The predicted molar refractivity (Wildman–Crippen MR) is 108 cm³/mol. The lowest BCUT2D eigenvalue weighted by atomic mass is 11.8. The molecule has 0 aliphatic rings. The van der Waals surface area contributed by atoms with Gasteiger partial charge in [0.25, 0.3) is 7.59 Å². The SMILES string of the molecule is C[Si](C)(C)NP(=O)(N[Si](C)(C)C)NP(C)(C)=O.O=P(Cl)(Cl)Cl. The molecule has 6 nitrogen and oxygen atoms in total. The molecule has 14 heteroatoms. The Labute approximate surface area is 150 Å². The van der Waals surface area contributed by atoms with E-state index in [1.54, 1.807) is 13.3 Å². The Morgan fingerprint density at radius 2 is 0.955 bits per heavy atom. The Bertz CT molecular complexity index is 470. The van der Waals surface area contributed by atoms with Crippen molar-refractivity contribution in [3.8, 4) is 0 Å². The third kappa shape index (κ3) is 24.1. The summed E-state index contributed by atoms with van der Waals surface area (Å²) in [7, 11) is -8.98. The van der Waals surface area contributed by atoms with E-state index in [-0.39, 0.29) is 0 Å². The lowest BCUT2D eigenvalue weighted by molar-refractivity contribution is 0.559. The molecule has 0 saturated heterocycles. The highest BCUT2D eigenvalue weighted by atomic mass is 36.0. The first-order chi connectivity index (χ1) is 9.12. The van der Waals surface area contributed by atoms with Crippen molar-refractivity contribution in [3.63, 3.8) is 0 Å². The van der Waals surface area contributed by atoms with Crippen LogP contribution in [0.1, 0.15) is 0 Å². The molecule has 0 aromatic carbocycles.